The molecule has 1 aromatic carbocycles. The Labute approximate surface area is 122 Å². The molecule has 1 saturated heterocycles. The van der Waals surface area contributed by atoms with Gasteiger partial charge in [-0.3, -0.25) is 10.1 Å². The lowest BCUT2D eigenvalue weighted by molar-refractivity contribution is -0.384. The number of nitrogens with one attached hydrogen (secondary N) is 2. The minimum atomic E-state index is -0.385. The summed E-state index contributed by atoms with van der Waals surface area (Å²) in [5.41, 5.74) is 0.872. The van der Waals surface area contributed by atoms with Gasteiger partial charge in [-0.25, -0.2) is 4.98 Å². The van der Waals surface area contributed by atoms with Crippen molar-refractivity contribution < 1.29 is 4.92 Å². The first-order valence-corrected chi connectivity index (χ1v) is 7.25. The van der Waals surface area contributed by atoms with Gasteiger partial charge in [-0.2, -0.15) is 0 Å². The number of hydrogen-bond donors (Lipinski definition) is 2. The molecule has 0 saturated carbocycles. The van der Waals surface area contributed by atoms with Gasteiger partial charge < -0.3 is 10.6 Å². The van der Waals surface area contributed by atoms with Gasteiger partial charge in [-0.15, -0.1) is 0 Å². The van der Waals surface area contributed by atoms with Gasteiger partial charge in [0.05, 0.1) is 10.4 Å². The number of anilines is 1. The van der Waals surface area contributed by atoms with Crippen LogP contribution in [0.5, 0.6) is 0 Å². The molecule has 2 N–H and O–H groups in total. The van der Waals surface area contributed by atoms with Crippen molar-refractivity contribution in [1.29, 1.82) is 0 Å². The van der Waals surface area contributed by atoms with Crippen molar-refractivity contribution >= 4 is 22.4 Å². The van der Waals surface area contributed by atoms with Crippen LogP contribution in [0.25, 0.3) is 10.9 Å². The zero-order valence-electron chi connectivity index (χ0n) is 11.7. The van der Waals surface area contributed by atoms with E-state index in [1.165, 1.54) is 6.07 Å². The third kappa shape index (κ3) is 3.28. The zero-order chi connectivity index (χ0) is 14.7. The number of benzene rings is 1. The van der Waals surface area contributed by atoms with Crippen LogP contribution >= 0.6 is 0 Å². The van der Waals surface area contributed by atoms with Gasteiger partial charge in [0, 0.05) is 23.6 Å². The highest BCUT2D eigenvalue weighted by Gasteiger charge is 2.13. The van der Waals surface area contributed by atoms with E-state index < -0.39 is 0 Å². The fourth-order valence-corrected chi connectivity index (χ4v) is 2.68. The second-order valence-corrected chi connectivity index (χ2v) is 5.35. The average molecular weight is 286 g/mol. The monoisotopic (exact) mass is 286 g/mol. The highest BCUT2D eigenvalue weighted by atomic mass is 16.6. The fourth-order valence-electron chi connectivity index (χ4n) is 2.68. The Kier molecular flexibility index (Phi) is 3.96. The maximum absolute atomic E-state index is 10.8. The molecular formula is C15H18N4O2. The Hall–Kier alpha value is -2.21. The van der Waals surface area contributed by atoms with Gasteiger partial charge in [-0.1, -0.05) is 0 Å². The van der Waals surface area contributed by atoms with E-state index >= 15 is 0 Å². The number of hydrogen-bond acceptors (Lipinski definition) is 5. The van der Waals surface area contributed by atoms with Crippen molar-refractivity contribution in [2.45, 2.75) is 25.3 Å². The molecule has 0 aliphatic carbocycles. The number of rotatable bonds is 3. The molecular weight excluding hydrogens is 268 g/mol. The summed E-state index contributed by atoms with van der Waals surface area (Å²) >= 11 is 0. The molecule has 21 heavy (non-hydrogen) atoms. The lowest BCUT2D eigenvalue weighted by Crippen LogP contribution is -2.21. The van der Waals surface area contributed by atoms with Gasteiger partial charge in [-0.05, 0) is 50.6 Å². The first-order valence-electron chi connectivity index (χ1n) is 7.25. The number of nitro groups is 1. The SMILES string of the molecule is O=[N+]([O-])c1ccc2nc(NC3CCCNCC3)ccc2c1. The summed E-state index contributed by atoms with van der Waals surface area (Å²) in [6, 6.07) is 8.96. The van der Waals surface area contributed by atoms with Gasteiger partial charge in [0.15, 0.2) is 0 Å². The molecule has 6 heteroatoms. The third-order valence-corrected chi connectivity index (χ3v) is 3.81. The lowest BCUT2D eigenvalue weighted by Gasteiger charge is -2.16. The van der Waals surface area contributed by atoms with Crippen molar-refractivity contribution in [1.82, 2.24) is 10.3 Å². The van der Waals surface area contributed by atoms with E-state index in [2.05, 4.69) is 15.6 Å². The van der Waals surface area contributed by atoms with E-state index in [4.69, 9.17) is 0 Å². The summed E-state index contributed by atoms with van der Waals surface area (Å²) in [6.07, 6.45) is 3.38. The normalized spacial score (nSPS) is 19.1. The average Bonchev–Trinajstić information content (AvgIpc) is 2.75. The van der Waals surface area contributed by atoms with Crippen molar-refractivity contribution in [3.05, 3.63) is 40.4 Å². The van der Waals surface area contributed by atoms with E-state index in [1.807, 2.05) is 12.1 Å². The number of non-ortho nitro benzene ring substituents is 1. The highest BCUT2D eigenvalue weighted by molar-refractivity contribution is 5.82. The van der Waals surface area contributed by atoms with E-state index in [1.54, 1.807) is 12.1 Å². The van der Waals surface area contributed by atoms with Crippen LogP contribution in [0.3, 0.4) is 0 Å². The topological polar surface area (TPSA) is 80.1 Å². The largest absolute Gasteiger partial charge is 0.367 e. The summed E-state index contributed by atoms with van der Waals surface area (Å²) in [5.74, 6) is 0.836. The molecule has 0 radical (unpaired) electrons. The number of nitro benzene ring substituents is 1. The van der Waals surface area contributed by atoms with Crippen LogP contribution in [-0.4, -0.2) is 29.0 Å². The van der Waals surface area contributed by atoms with Crippen LogP contribution < -0.4 is 10.6 Å². The molecule has 6 nitrogen and oxygen atoms in total. The zero-order valence-corrected chi connectivity index (χ0v) is 11.7. The molecule has 2 aromatic rings. The molecule has 1 atom stereocenters. The van der Waals surface area contributed by atoms with E-state index in [-0.39, 0.29) is 10.6 Å². The Morgan fingerprint density at radius 3 is 3.00 bits per heavy atom. The molecule has 1 fully saturated rings. The molecule has 3 rings (SSSR count). The van der Waals surface area contributed by atoms with Crippen LogP contribution in [0.2, 0.25) is 0 Å². The molecule has 1 aliphatic rings. The Morgan fingerprint density at radius 2 is 2.14 bits per heavy atom. The maximum Gasteiger partial charge on any atom is 0.270 e. The molecule has 2 heterocycles. The van der Waals surface area contributed by atoms with Crippen LogP contribution in [-0.2, 0) is 0 Å². The number of aromatic nitrogens is 1. The Balaban J connectivity index is 1.80. The van der Waals surface area contributed by atoms with E-state index in [0.717, 1.165) is 49.1 Å². The molecule has 1 aromatic heterocycles. The predicted octanol–water partition coefficient (Wildman–Crippen LogP) is 2.70. The van der Waals surface area contributed by atoms with E-state index in [9.17, 15) is 10.1 Å². The van der Waals surface area contributed by atoms with Crippen LogP contribution in [0.15, 0.2) is 30.3 Å². The fraction of sp³-hybridized carbons (Fsp3) is 0.400. The summed E-state index contributed by atoms with van der Waals surface area (Å²) < 4.78 is 0. The molecule has 1 aliphatic heterocycles. The van der Waals surface area contributed by atoms with Gasteiger partial charge >= 0.3 is 0 Å². The summed E-state index contributed by atoms with van der Waals surface area (Å²) in [7, 11) is 0. The van der Waals surface area contributed by atoms with Crippen molar-refractivity contribution in [2.75, 3.05) is 18.4 Å². The molecule has 0 spiro atoms. The summed E-state index contributed by atoms with van der Waals surface area (Å²) in [6.45, 7) is 2.10. The Bertz CT molecular complexity index is 651. The van der Waals surface area contributed by atoms with Crippen molar-refractivity contribution in [3.8, 4) is 0 Å². The maximum atomic E-state index is 10.8. The van der Waals surface area contributed by atoms with Crippen LogP contribution in [0.4, 0.5) is 11.5 Å². The van der Waals surface area contributed by atoms with Crippen molar-refractivity contribution in [2.24, 2.45) is 0 Å². The molecule has 0 amide bonds. The third-order valence-electron chi connectivity index (χ3n) is 3.81. The molecule has 1 unspecified atom stereocenters. The summed E-state index contributed by atoms with van der Waals surface area (Å²) in [4.78, 5) is 14.9. The molecule has 0 bridgehead atoms. The van der Waals surface area contributed by atoms with E-state index in [0.29, 0.717) is 6.04 Å². The first-order chi connectivity index (χ1) is 10.2. The first kappa shape index (κ1) is 13.8. The number of nitrogens with zero attached hydrogens (tertiary/aromatic N) is 2. The Morgan fingerprint density at radius 1 is 1.24 bits per heavy atom. The quantitative estimate of drug-likeness (QED) is 0.670. The van der Waals surface area contributed by atoms with Gasteiger partial charge in [0.2, 0.25) is 0 Å². The van der Waals surface area contributed by atoms with Gasteiger partial charge in [0.25, 0.3) is 5.69 Å². The smallest absolute Gasteiger partial charge is 0.270 e. The predicted molar refractivity (Wildman–Crippen MR) is 82.5 cm³/mol. The van der Waals surface area contributed by atoms with Gasteiger partial charge in [0.1, 0.15) is 5.82 Å². The number of fused-ring (bicyclic) bond motifs is 1. The van der Waals surface area contributed by atoms with Crippen molar-refractivity contribution in [3.63, 3.8) is 0 Å². The second kappa shape index (κ2) is 6.05. The van der Waals surface area contributed by atoms with Crippen LogP contribution in [0.1, 0.15) is 19.3 Å². The van der Waals surface area contributed by atoms with Crippen LogP contribution in [0, 0.1) is 10.1 Å². The lowest BCUT2D eigenvalue weighted by atomic mass is 10.1. The highest BCUT2D eigenvalue weighted by Crippen LogP contribution is 2.22. The minimum absolute atomic E-state index is 0.0971. The second-order valence-electron chi connectivity index (χ2n) is 5.35. The standard InChI is InChI=1S/C15H18N4O2/c20-19(21)13-4-5-14-11(10-13)3-6-15(18-14)17-12-2-1-8-16-9-7-12/h3-6,10,12,16H,1-2,7-9H2,(H,17,18). The minimum Gasteiger partial charge on any atom is -0.367 e. The summed E-state index contributed by atoms with van der Waals surface area (Å²) in [5, 5.41) is 18.4. The number of pyridine rings is 1. The molecule has 110 valence electrons.